The van der Waals surface area contributed by atoms with E-state index in [0.29, 0.717) is 35.4 Å². The first-order valence-corrected chi connectivity index (χ1v) is 10.3. The van der Waals surface area contributed by atoms with Crippen molar-refractivity contribution in [2.45, 2.75) is 26.1 Å². The van der Waals surface area contributed by atoms with Crippen molar-refractivity contribution >= 4 is 17.5 Å². The smallest absolute Gasteiger partial charge is 0.263 e. The minimum atomic E-state index is -0.951. The van der Waals surface area contributed by atoms with Crippen molar-refractivity contribution in [2.24, 2.45) is 0 Å². The molecule has 1 aliphatic rings. The molecule has 6 nitrogen and oxygen atoms in total. The second-order valence-corrected chi connectivity index (χ2v) is 7.67. The lowest BCUT2D eigenvalue weighted by Crippen LogP contribution is -2.37. The summed E-state index contributed by atoms with van der Waals surface area (Å²) in [5, 5.41) is 2.61. The van der Waals surface area contributed by atoms with E-state index in [4.69, 9.17) is 9.47 Å². The SMILES string of the molecule is COc1ccccc1CN1Cc2cc(NC(=O)c3ccc(F)cc3F)ccc2OC(C)C1=O. The highest BCUT2D eigenvalue weighted by Crippen LogP contribution is 2.30. The molecule has 3 aromatic rings. The number of hydrogen-bond donors (Lipinski definition) is 1. The number of ether oxygens (including phenoxy) is 2. The number of hydrogen-bond acceptors (Lipinski definition) is 4. The zero-order valence-electron chi connectivity index (χ0n) is 18.1. The predicted octanol–water partition coefficient (Wildman–Crippen LogP) is 4.54. The predicted molar refractivity (Wildman–Crippen MR) is 118 cm³/mol. The van der Waals surface area contributed by atoms with Gasteiger partial charge in [-0.2, -0.15) is 0 Å². The Kier molecular flexibility index (Phi) is 6.26. The molecule has 1 aliphatic heterocycles. The van der Waals surface area contributed by atoms with E-state index in [2.05, 4.69) is 5.32 Å². The van der Waals surface area contributed by atoms with Crippen LogP contribution in [0.2, 0.25) is 0 Å². The van der Waals surface area contributed by atoms with Gasteiger partial charge in [0.25, 0.3) is 11.8 Å². The van der Waals surface area contributed by atoms with E-state index >= 15 is 0 Å². The molecule has 1 unspecified atom stereocenters. The van der Waals surface area contributed by atoms with Crippen LogP contribution in [0.5, 0.6) is 11.5 Å². The van der Waals surface area contributed by atoms with Gasteiger partial charge in [0.2, 0.25) is 0 Å². The highest BCUT2D eigenvalue weighted by atomic mass is 19.1. The van der Waals surface area contributed by atoms with Crippen LogP contribution in [0.25, 0.3) is 0 Å². The minimum Gasteiger partial charge on any atom is -0.496 e. The van der Waals surface area contributed by atoms with Gasteiger partial charge < -0.3 is 19.7 Å². The normalized spacial score (nSPS) is 15.3. The fraction of sp³-hybridized carbons (Fsp3) is 0.200. The summed E-state index contributed by atoms with van der Waals surface area (Å²) in [7, 11) is 1.57. The topological polar surface area (TPSA) is 67.9 Å². The molecular weight excluding hydrogens is 430 g/mol. The molecule has 0 saturated heterocycles. The summed E-state index contributed by atoms with van der Waals surface area (Å²) in [4.78, 5) is 27.1. The number of carbonyl (C=O) groups excluding carboxylic acids is 2. The second-order valence-electron chi connectivity index (χ2n) is 7.67. The minimum absolute atomic E-state index is 0.184. The zero-order chi connectivity index (χ0) is 23.5. The van der Waals surface area contributed by atoms with Crippen LogP contribution in [0.1, 0.15) is 28.4 Å². The first-order chi connectivity index (χ1) is 15.9. The summed E-state index contributed by atoms with van der Waals surface area (Å²) in [6, 6.07) is 15.1. The number of halogens is 2. The summed E-state index contributed by atoms with van der Waals surface area (Å²) in [6.07, 6.45) is -0.699. The van der Waals surface area contributed by atoms with E-state index in [-0.39, 0.29) is 18.0 Å². The third-order valence-electron chi connectivity index (χ3n) is 5.37. The van der Waals surface area contributed by atoms with E-state index in [9.17, 15) is 18.4 Å². The number of nitrogens with one attached hydrogen (secondary N) is 1. The quantitative estimate of drug-likeness (QED) is 0.618. The van der Waals surface area contributed by atoms with Gasteiger partial charge in [-0.05, 0) is 43.3 Å². The third kappa shape index (κ3) is 4.79. The van der Waals surface area contributed by atoms with E-state index < -0.39 is 23.6 Å². The van der Waals surface area contributed by atoms with Crippen molar-refractivity contribution in [1.29, 1.82) is 0 Å². The van der Waals surface area contributed by atoms with Crippen LogP contribution >= 0.6 is 0 Å². The number of para-hydroxylation sites is 1. The van der Waals surface area contributed by atoms with Gasteiger partial charge >= 0.3 is 0 Å². The molecule has 0 spiro atoms. The number of rotatable bonds is 5. The maximum Gasteiger partial charge on any atom is 0.263 e. The maximum atomic E-state index is 14.0. The average molecular weight is 452 g/mol. The summed E-state index contributed by atoms with van der Waals surface area (Å²) >= 11 is 0. The second kappa shape index (κ2) is 9.28. The van der Waals surface area contributed by atoms with E-state index in [0.717, 1.165) is 17.7 Å². The molecule has 8 heteroatoms. The van der Waals surface area contributed by atoms with Crippen molar-refractivity contribution in [3.05, 3.63) is 89.0 Å². The lowest BCUT2D eigenvalue weighted by Gasteiger charge is -2.23. The van der Waals surface area contributed by atoms with Crippen molar-refractivity contribution in [1.82, 2.24) is 4.90 Å². The van der Waals surface area contributed by atoms with Crippen molar-refractivity contribution in [2.75, 3.05) is 12.4 Å². The van der Waals surface area contributed by atoms with Gasteiger partial charge in [-0.25, -0.2) is 8.78 Å². The number of methoxy groups -OCH3 is 1. The molecule has 4 rings (SSSR count). The first-order valence-electron chi connectivity index (χ1n) is 10.3. The van der Waals surface area contributed by atoms with Gasteiger partial charge in [0.1, 0.15) is 23.1 Å². The highest BCUT2D eigenvalue weighted by molar-refractivity contribution is 6.04. The summed E-state index contributed by atoms with van der Waals surface area (Å²) in [6.45, 7) is 2.23. The molecule has 33 heavy (non-hydrogen) atoms. The summed E-state index contributed by atoms with van der Waals surface area (Å²) in [5.41, 5.74) is 1.65. The van der Waals surface area contributed by atoms with Gasteiger partial charge in [0.15, 0.2) is 6.10 Å². The van der Waals surface area contributed by atoms with Gasteiger partial charge in [-0.1, -0.05) is 18.2 Å². The fourth-order valence-corrected chi connectivity index (χ4v) is 3.72. The van der Waals surface area contributed by atoms with E-state index in [1.165, 1.54) is 0 Å². The molecule has 0 aliphatic carbocycles. The number of carbonyl (C=O) groups is 2. The highest BCUT2D eigenvalue weighted by Gasteiger charge is 2.28. The lowest BCUT2D eigenvalue weighted by atomic mass is 10.1. The summed E-state index contributed by atoms with van der Waals surface area (Å²) in [5.74, 6) is -1.42. The molecule has 170 valence electrons. The summed E-state index contributed by atoms with van der Waals surface area (Å²) < 4.78 is 38.3. The van der Waals surface area contributed by atoms with Gasteiger partial charge in [0.05, 0.1) is 12.7 Å². The van der Waals surface area contributed by atoms with Crippen molar-refractivity contribution in [3.63, 3.8) is 0 Å². The van der Waals surface area contributed by atoms with Crippen molar-refractivity contribution < 1.29 is 27.8 Å². The lowest BCUT2D eigenvalue weighted by molar-refractivity contribution is -0.138. The van der Waals surface area contributed by atoms with Crippen LogP contribution < -0.4 is 14.8 Å². The molecule has 0 saturated carbocycles. The van der Waals surface area contributed by atoms with Crippen LogP contribution in [0, 0.1) is 11.6 Å². The Labute approximate surface area is 189 Å². The molecule has 0 fully saturated rings. The Hall–Kier alpha value is -3.94. The van der Waals surface area contributed by atoms with Crippen LogP contribution in [-0.4, -0.2) is 29.9 Å². The molecule has 0 aromatic heterocycles. The Balaban J connectivity index is 1.59. The van der Waals surface area contributed by atoms with Crippen LogP contribution in [0.4, 0.5) is 14.5 Å². The zero-order valence-corrected chi connectivity index (χ0v) is 18.1. The van der Waals surface area contributed by atoms with Gasteiger partial charge in [0, 0.05) is 36.0 Å². The van der Waals surface area contributed by atoms with Crippen LogP contribution in [0.3, 0.4) is 0 Å². The Morgan fingerprint density at radius 3 is 2.70 bits per heavy atom. The molecule has 1 heterocycles. The average Bonchev–Trinajstić information content (AvgIpc) is 2.90. The standard InChI is InChI=1S/C25H22F2N2O4/c1-15-25(31)29(13-16-5-3-4-6-22(16)32-2)14-17-11-19(8-10-23(17)33-15)28-24(30)20-9-7-18(26)12-21(20)27/h3-12,15H,13-14H2,1-2H3,(H,28,30). The Morgan fingerprint density at radius 2 is 1.94 bits per heavy atom. The number of benzene rings is 3. The first kappa shape index (κ1) is 22.3. The molecule has 3 aromatic carbocycles. The van der Waals surface area contributed by atoms with Gasteiger partial charge in [-0.3, -0.25) is 9.59 Å². The molecular formula is C25H22F2N2O4. The molecule has 1 N–H and O–H groups in total. The van der Waals surface area contributed by atoms with Crippen molar-refractivity contribution in [3.8, 4) is 11.5 Å². The number of amides is 2. The Morgan fingerprint density at radius 1 is 1.15 bits per heavy atom. The number of fused-ring (bicyclic) bond motifs is 1. The molecule has 0 bridgehead atoms. The van der Waals surface area contributed by atoms with Crippen LogP contribution in [0.15, 0.2) is 60.7 Å². The monoisotopic (exact) mass is 452 g/mol. The van der Waals surface area contributed by atoms with E-state index in [1.807, 2.05) is 24.3 Å². The molecule has 2 amide bonds. The van der Waals surface area contributed by atoms with E-state index in [1.54, 1.807) is 37.1 Å². The maximum absolute atomic E-state index is 14.0. The molecule has 1 atom stereocenters. The third-order valence-corrected chi connectivity index (χ3v) is 5.37. The van der Waals surface area contributed by atoms with Crippen LogP contribution in [-0.2, 0) is 17.9 Å². The Bertz CT molecular complexity index is 1210. The number of anilines is 1. The largest absolute Gasteiger partial charge is 0.496 e. The van der Waals surface area contributed by atoms with Gasteiger partial charge in [-0.15, -0.1) is 0 Å². The fourth-order valence-electron chi connectivity index (χ4n) is 3.72. The number of nitrogens with zero attached hydrogens (tertiary/aromatic N) is 1. The molecule has 0 radical (unpaired) electrons.